The number of hydrogen-bond donors (Lipinski definition) is 1. The minimum Gasteiger partial charge on any atom is -0.480 e. The third-order valence-electron chi connectivity index (χ3n) is 5.75. The minimum atomic E-state index is -0.550. The van der Waals surface area contributed by atoms with Gasteiger partial charge >= 0.3 is 0 Å². The monoisotopic (exact) mass is 508 g/mol. The van der Waals surface area contributed by atoms with Gasteiger partial charge in [0.2, 0.25) is 5.95 Å². The molecular weight excluding hydrogens is 495 g/mol. The second-order valence-electron chi connectivity index (χ2n) is 7.60. The lowest BCUT2D eigenvalue weighted by Gasteiger charge is -2.39. The number of halogens is 3. The molecule has 2 aliphatic heterocycles. The Balaban J connectivity index is 1.65. The summed E-state index contributed by atoms with van der Waals surface area (Å²) in [6, 6.07) is 19.6. The van der Waals surface area contributed by atoms with Gasteiger partial charge in [-0.05, 0) is 42.0 Å². The Morgan fingerprint density at radius 3 is 2.69 bits per heavy atom. The number of fused-ring (bicyclic) bond motifs is 3. The Morgan fingerprint density at radius 1 is 1.06 bits per heavy atom. The van der Waals surface area contributed by atoms with Crippen LogP contribution in [0.1, 0.15) is 28.8 Å². The largest absolute Gasteiger partial charge is 0.480 e. The van der Waals surface area contributed by atoms with Crippen LogP contribution in [0.4, 0.5) is 10.3 Å². The molecule has 0 saturated carbocycles. The molecule has 0 radical (unpaired) electrons. The molecule has 158 valence electrons. The van der Waals surface area contributed by atoms with Gasteiger partial charge < -0.3 is 10.1 Å². The summed E-state index contributed by atoms with van der Waals surface area (Å²) in [6.07, 6.45) is 0.990. The fraction of sp³-hybridized carbons (Fsp3) is 0.0833. The molecule has 1 N–H and O–H groups in total. The number of benzene rings is 3. The summed E-state index contributed by atoms with van der Waals surface area (Å²) in [7, 11) is 0. The van der Waals surface area contributed by atoms with E-state index in [2.05, 4.69) is 31.3 Å². The lowest BCUT2D eigenvalue weighted by atomic mass is 9.84. The van der Waals surface area contributed by atoms with E-state index in [4.69, 9.17) is 16.3 Å². The number of rotatable bonds is 2. The summed E-state index contributed by atoms with van der Waals surface area (Å²) in [5.74, 6) is 0.896. The quantitative estimate of drug-likeness (QED) is 0.340. The van der Waals surface area contributed by atoms with Gasteiger partial charge in [-0.15, -0.1) is 0 Å². The highest BCUT2D eigenvalue weighted by Gasteiger charge is 2.41. The number of ether oxygens (including phenoxy) is 1. The van der Waals surface area contributed by atoms with Crippen LogP contribution in [0.3, 0.4) is 0 Å². The number of aromatic nitrogens is 3. The van der Waals surface area contributed by atoms with Gasteiger partial charge in [-0.25, -0.2) is 9.07 Å². The van der Waals surface area contributed by atoms with Crippen molar-refractivity contribution in [2.24, 2.45) is 0 Å². The van der Waals surface area contributed by atoms with Crippen LogP contribution in [0, 0.1) is 5.82 Å². The van der Waals surface area contributed by atoms with Crippen LogP contribution in [0.15, 0.2) is 83.1 Å². The van der Waals surface area contributed by atoms with Crippen molar-refractivity contribution >= 4 is 39.2 Å². The van der Waals surface area contributed by atoms with E-state index in [0.29, 0.717) is 22.3 Å². The first-order valence-corrected chi connectivity index (χ1v) is 11.1. The Morgan fingerprint density at radius 2 is 1.88 bits per heavy atom. The smallest absolute Gasteiger partial charge is 0.226 e. The summed E-state index contributed by atoms with van der Waals surface area (Å²) in [5.41, 5.74) is 3.87. The minimum absolute atomic E-state index is 0.320. The first kappa shape index (κ1) is 19.5. The third-order valence-corrected chi connectivity index (χ3v) is 6.51. The summed E-state index contributed by atoms with van der Waals surface area (Å²) >= 11 is 9.83. The Kier molecular flexibility index (Phi) is 4.55. The molecule has 0 spiro atoms. The second-order valence-corrected chi connectivity index (χ2v) is 8.95. The van der Waals surface area contributed by atoms with Crippen molar-refractivity contribution in [3.63, 3.8) is 0 Å². The first-order valence-electron chi connectivity index (χ1n) is 9.97. The Bertz CT molecular complexity index is 1390. The van der Waals surface area contributed by atoms with Crippen LogP contribution < -0.4 is 10.1 Å². The van der Waals surface area contributed by atoms with E-state index >= 15 is 4.39 Å². The van der Waals surface area contributed by atoms with E-state index < -0.39 is 12.1 Å². The molecule has 3 heterocycles. The summed E-state index contributed by atoms with van der Waals surface area (Å²) in [6.45, 7) is 0. The summed E-state index contributed by atoms with van der Waals surface area (Å²) in [5, 5.41) is 8.39. The maximum absolute atomic E-state index is 15.1. The molecule has 2 aliphatic rings. The average Bonchev–Trinajstić information content (AvgIpc) is 3.27. The van der Waals surface area contributed by atoms with E-state index in [9.17, 15) is 0 Å². The van der Waals surface area contributed by atoms with Crippen LogP contribution in [0.25, 0.3) is 5.70 Å². The van der Waals surface area contributed by atoms with Crippen LogP contribution in [-0.2, 0) is 0 Å². The standard InChI is InChI=1S/C24H15BrClFN4O/c25-14-7-5-13(6-8-14)23-20-21(17-11-15(26)9-10-19(17)32-23)30-24-28-12-29-31(24)22(20)16-3-1-2-4-18(16)27/h1-12,22-23H,(H,28,29,30)/t22-,23+/m1/s1. The highest BCUT2D eigenvalue weighted by Crippen LogP contribution is 2.51. The Hall–Kier alpha value is -3.16. The molecule has 8 heteroatoms. The van der Waals surface area contributed by atoms with Gasteiger partial charge in [0.1, 0.15) is 30.0 Å². The molecule has 6 rings (SSSR count). The van der Waals surface area contributed by atoms with Gasteiger partial charge in [-0.2, -0.15) is 10.1 Å². The molecule has 0 bridgehead atoms. The zero-order chi connectivity index (χ0) is 21.8. The van der Waals surface area contributed by atoms with E-state index in [-0.39, 0.29) is 5.82 Å². The zero-order valence-corrected chi connectivity index (χ0v) is 18.8. The molecule has 5 nitrogen and oxygen atoms in total. The predicted octanol–water partition coefficient (Wildman–Crippen LogP) is 6.39. The van der Waals surface area contributed by atoms with Gasteiger partial charge in [-0.1, -0.05) is 57.9 Å². The highest BCUT2D eigenvalue weighted by atomic mass is 79.9. The highest BCUT2D eigenvalue weighted by molar-refractivity contribution is 9.10. The summed E-state index contributed by atoms with van der Waals surface area (Å²) < 4.78 is 24.3. The normalized spacial score (nSPS) is 18.8. The van der Waals surface area contributed by atoms with Crippen molar-refractivity contribution in [1.82, 2.24) is 14.8 Å². The van der Waals surface area contributed by atoms with Crippen LogP contribution in [-0.4, -0.2) is 14.8 Å². The van der Waals surface area contributed by atoms with Gasteiger partial charge in [0.05, 0.1) is 5.70 Å². The van der Waals surface area contributed by atoms with Crippen LogP contribution >= 0.6 is 27.5 Å². The third kappa shape index (κ3) is 3.04. The SMILES string of the molecule is Fc1ccccc1[C@@H]1C2=C(Nc3ncnn31)c1cc(Cl)ccc1O[C@H]2c1ccc(Br)cc1. The van der Waals surface area contributed by atoms with Crippen molar-refractivity contribution in [3.8, 4) is 5.75 Å². The number of anilines is 1. The van der Waals surface area contributed by atoms with Crippen molar-refractivity contribution in [2.75, 3.05) is 5.32 Å². The molecule has 0 unspecified atom stereocenters. The van der Waals surface area contributed by atoms with Gasteiger partial charge in [0.25, 0.3) is 0 Å². The van der Waals surface area contributed by atoms with Gasteiger partial charge in [0.15, 0.2) is 0 Å². The molecule has 0 amide bonds. The molecule has 0 saturated heterocycles. The number of nitrogens with zero attached hydrogens (tertiary/aromatic N) is 3. The lowest BCUT2D eigenvalue weighted by molar-refractivity contribution is 0.222. The molecular formula is C24H15BrClFN4O. The molecule has 32 heavy (non-hydrogen) atoms. The average molecular weight is 510 g/mol. The number of hydrogen-bond acceptors (Lipinski definition) is 4. The van der Waals surface area contributed by atoms with E-state index in [1.165, 1.54) is 12.4 Å². The second kappa shape index (κ2) is 7.46. The van der Waals surface area contributed by atoms with Gasteiger partial charge in [0, 0.05) is 26.2 Å². The predicted molar refractivity (Wildman–Crippen MR) is 124 cm³/mol. The van der Waals surface area contributed by atoms with E-state index in [1.54, 1.807) is 22.9 Å². The van der Waals surface area contributed by atoms with Crippen molar-refractivity contribution in [1.29, 1.82) is 0 Å². The fourth-order valence-electron chi connectivity index (χ4n) is 4.35. The van der Waals surface area contributed by atoms with Crippen molar-refractivity contribution in [2.45, 2.75) is 12.1 Å². The summed E-state index contributed by atoms with van der Waals surface area (Å²) in [4.78, 5) is 4.36. The van der Waals surface area contributed by atoms with Crippen LogP contribution in [0.2, 0.25) is 5.02 Å². The van der Waals surface area contributed by atoms with Gasteiger partial charge in [-0.3, -0.25) is 0 Å². The number of nitrogens with one attached hydrogen (secondary N) is 1. The maximum Gasteiger partial charge on any atom is 0.226 e. The molecule has 1 aromatic heterocycles. The zero-order valence-electron chi connectivity index (χ0n) is 16.5. The van der Waals surface area contributed by atoms with E-state index in [0.717, 1.165) is 26.9 Å². The molecule has 0 aliphatic carbocycles. The van der Waals surface area contributed by atoms with Crippen molar-refractivity contribution < 1.29 is 9.13 Å². The molecule has 3 aromatic carbocycles. The molecule has 4 aromatic rings. The Labute approximate surface area is 196 Å². The lowest BCUT2D eigenvalue weighted by Crippen LogP contribution is -2.32. The van der Waals surface area contributed by atoms with Crippen LogP contribution in [0.5, 0.6) is 5.75 Å². The maximum atomic E-state index is 15.1. The van der Waals surface area contributed by atoms with E-state index in [1.807, 2.05) is 42.5 Å². The fourth-order valence-corrected chi connectivity index (χ4v) is 4.79. The van der Waals surface area contributed by atoms with Crippen molar-refractivity contribution in [3.05, 3.63) is 111 Å². The topological polar surface area (TPSA) is 52.0 Å². The first-order chi connectivity index (χ1) is 15.6. The molecule has 2 atom stereocenters. The molecule has 0 fully saturated rings.